The van der Waals surface area contributed by atoms with Gasteiger partial charge in [0.05, 0.1) is 10.7 Å². The Balaban J connectivity index is 1.59. The van der Waals surface area contributed by atoms with Gasteiger partial charge in [0.25, 0.3) is 5.91 Å². The van der Waals surface area contributed by atoms with Crippen molar-refractivity contribution >= 4 is 49.9 Å². The third-order valence-corrected chi connectivity index (χ3v) is 4.69. The summed E-state index contributed by atoms with van der Waals surface area (Å²) in [5.41, 5.74) is 1.44. The number of thiazole rings is 1. The van der Waals surface area contributed by atoms with E-state index >= 15 is 0 Å². The second-order valence-corrected chi connectivity index (χ2v) is 7.14. The minimum Gasteiger partial charge on any atom is -0.482 e. The summed E-state index contributed by atoms with van der Waals surface area (Å²) in [6, 6.07) is 11.1. The molecule has 128 valence electrons. The molecule has 0 aliphatic rings. The quantitative estimate of drug-likeness (QED) is 0.578. The number of nitrogens with one attached hydrogen (secondary N) is 1. The average Bonchev–Trinajstić information content (AvgIpc) is 3.03. The van der Waals surface area contributed by atoms with Gasteiger partial charge in [-0.3, -0.25) is 10.1 Å². The fourth-order valence-corrected chi connectivity index (χ4v) is 3.44. The molecule has 0 spiro atoms. The van der Waals surface area contributed by atoms with Crippen molar-refractivity contribution in [3.05, 3.63) is 63.2 Å². The molecular formula is C17H11BrClFN2O2S. The van der Waals surface area contributed by atoms with Gasteiger partial charge in [0.1, 0.15) is 11.6 Å². The molecule has 0 bridgehead atoms. The first-order valence-corrected chi connectivity index (χ1v) is 9.15. The van der Waals surface area contributed by atoms with Crippen LogP contribution in [0.25, 0.3) is 11.3 Å². The lowest BCUT2D eigenvalue weighted by Crippen LogP contribution is -2.20. The van der Waals surface area contributed by atoms with Crippen molar-refractivity contribution in [1.29, 1.82) is 0 Å². The monoisotopic (exact) mass is 440 g/mol. The van der Waals surface area contributed by atoms with Crippen molar-refractivity contribution in [3.8, 4) is 17.0 Å². The zero-order chi connectivity index (χ0) is 17.8. The molecule has 1 heterocycles. The predicted molar refractivity (Wildman–Crippen MR) is 101 cm³/mol. The summed E-state index contributed by atoms with van der Waals surface area (Å²) in [5.74, 6) is -0.235. The molecule has 1 aromatic heterocycles. The van der Waals surface area contributed by atoms with Crippen molar-refractivity contribution in [2.75, 3.05) is 11.9 Å². The van der Waals surface area contributed by atoms with Crippen LogP contribution < -0.4 is 10.1 Å². The number of ether oxygens (including phenoxy) is 1. The predicted octanol–water partition coefficient (Wildman–Crippen LogP) is 5.38. The number of carbonyl (C=O) groups excluding carboxylic acids is 1. The van der Waals surface area contributed by atoms with Crippen LogP contribution in [-0.4, -0.2) is 17.5 Å². The summed E-state index contributed by atoms with van der Waals surface area (Å²) in [7, 11) is 0. The van der Waals surface area contributed by atoms with Gasteiger partial charge in [-0.25, -0.2) is 9.37 Å². The van der Waals surface area contributed by atoms with Gasteiger partial charge in [-0.05, 0) is 42.5 Å². The smallest absolute Gasteiger partial charge is 0.264 e. The first kappa shape index (κ1) is 17.8. The Labute approximate surface area is 160 Å². The average molecular weight is 442 g/mol. The Kier molecular flexibility index (Phi) is 5.67. The molecule has 4 nitrogen and oxygen atoms in total. The number of anilines is 1. The lowest BCUT2D eigenvalue weighted by Gasteiger charge is -2.07. The van der Waals surface area contributed by atoms with Gasteiger partial charge < -0.3 is 4.74 Å². The Hall–Kier alpha value is -1.96. The van der Waals surface area contributed by atoms with Crippen molar-refractivity contribution in [2.45, 2.75) is 0 Å². The van der Waals surface area contributed by atoms with Crippen molar-refractivity contribution in [3.63, 3.8) is 0 Å². The highest BCUT2D eigenvalue weighted by Crippen LogP contribution is 2.28. The Morgan fingerprint density at radius 1 is 1.28 bits per heavy atom. The van der Waals surface area contributed by atoms with Crippen molar-refractivity contribution in [1.82, 2.24) is 4.98 Å². The van der Waals surface area contributed by atoms with Crippen LogP contribution in [0.3, 0.4) is 0 Å². The van der Waals surface area contributed by atoms with Crippen LogP contribution in [0, 0.1) is 5.82 Å². The lowest BCUT2D eigenvalue weighted by atomic mass is 10.2. The molecule has 0 radical (unpaired) electrons. The number of halogens is 3. The Bertz CT molecular complexity index is 902. The summed E-state index contributed by atoms with van der Waals surface area (Å²) in [5, 5.41) is 5.30. The van der Waals surface area contributed by atoms with Gasteiger partial charge >= 0.3 is 0 Å². The first-order chi connectivity index (χ1) is 12.0. The van der Waals surface area contributed by atoms with E-state index in [4.69, 9.17) is 16.3 Å². The molecule has 0 fully saturated rings. The fourth-order valence-electron chi connectivity index (χ4n) is 1.98. The minimum atomic E-state index is -0.348. The van der Waals surface area contributed by atoms with Crippen LogP contribution in [0.2, 0.25) is 5.02 Å². The summed E-state index contributed by atoms with van der Waals surface area (Å²) in [6.45, 7) is -0.188. The molecule has 0 saturated carbocycles. The maximum atomic E-state index is 13.0. The maximum Gasteiger partial charge on any atom is 0.264 e. The van der Waals surface area contributed by atoms with Gasteiger partial charge in [0.15, 0.2) is 11.7 Å². The molecule has 0 aliphatic heterocycles. The number of carbonyl (C=O) groups is 1. The topological polar surface area (TPSA) is 51.2 Å². The second-order valence-electron chi connectivity index (χ2n) is 4.96. The van der Waals surface area contributed by atoms with E-state index in [0.717, 1.165) is 10.0 Å². The number of rotatable bonds is 5. The molecule has 0 saturated heterocycles. The molecule has 0 aliphatic carbocycles. The highest BCUT2D eigenvalue weighted by molar-refractivity contribution is 9.10. The second kappa shape index (κ2) is 7.95. The molecule has 1 amide bonds. The maximum absolute atomic E-state index is 13.0. The molecule has 2 aromatic carbocycles. The summed E-state index contributed by atoms with van der Waals surface area (Å²) in [4.78, 5) is 16.3. The van der Waals surface area contributed by atoms with Gasteiger partial charge in [0, 0.05) is 15.4 Å². The standard InChI is InChI=1S/C17H11BrClFN2O2S/c18-11-3-6-15(13(19)7-11)24-8-16(23)22-17-21-14(9-25-17)10-1-4-12(20)5-2-10/h1-7,9H,8H2,(H,21,22,23). The zero-order valence-electron chi connectivity index (χ0n) is 12.6. The van der Waals surface area contributed by atoms with E-state index in [-0.39, 0.29) is 18.3 Å². The summed E-state index contributed by atoms with van der Waals surface area (Å²) < 4.78 is 19.2. The Morgan fingerprint density at radius 3 is 2.76 bits per heavy atom. The zero-order valence-corrected chi connectivity index (χ0v) is 15.8. The van der Waals surface area contributed by atoms with Crippen LogP contribution in [-0.2, 0) is 4.79 Å². The number of hydrogen-bond acceptors (Lipinski definition) is 4. The number of amides is 1. The van der Waals surface area contributed by atoms with Gasteiger partial charge in [-0.2, -0.15) is 0 Å². The van der Waals surface area contributed by atoms with Gasteiger partial charge in [0.2, 0.25) is 0 Å². The van der Waals surface area contributed by atoms with Crippen LogP contribution in [0.4, 0.5) is 9.52 Å². The molecule has 0 atom stereocenters. The largest absolute Gasteiger partial charge is 0.482 e. The third kappa shape index (κ3) is 4.78. The van der Waals surface area contributed by atoms with Crippen LogP contribution in [0.5, 0.6) is 5.75 Å². The van der Waals surface area contributed by atoms with Crippen molar-refractivity contribution < 1.29 is 13.9 Å². The van der Waals surface area contributed by atoms with Gasteiger partial charge in [-0.1, -0.05) is 27.5 Å². The SMILES string of the molecule is O=C(COc1ccc(Br)cc1Cl)Nc1nc(-c2ccc(F)cc2)cs1. The van der Waals surface area contributed by atoms with Crippen LogP contribution >= 0.6 is 38.9 Å². The molecule has 3 aromatic rings. The Morgan fingerprint density at radius 2 is 2.04 bits per heavy atom. The summed E-state index contributed by atoms with van der Waals surface area (Å²) >= 11 is 10.6. The van der Waals surface area contributed by atoms with Crippen LogP contribution in [0.15, 0.2) is 52.3 Å². The molecule has 1 N–H and O–H groups in total. The van der Waals surface area contributed by atoms with E-state index in [2.05, 4.69) is 26.2 Å². The van der Waals surface area contributed by atoms with E-state index < -0.39 is 0 Å². The van der Waals surface area contributed by atoms with Crippen LogP contribution in [0.1, 0.15) is 0 Å². The highest BCUT2D eigenvalue weighted by atomic mass is 79.9. The summed E-state index contributed by atoms with van der Waals surface area (Å²) in [6.07, 6.45) is 0. The number of benzene rings is 2. The molecule has 3 rings (SSSR count). The first-order valence-electron chi connectivity index (χ1n) is 7.10. The molecule has 25 heavy (non-hydrogen) atoms. The fraction of sp³-hybridized carbons (Fsp3) is 0.0588. The third-order valence-electron chi connectivity index (χ3n) is 3.14. The number of hydrogen-bond donors (Lipinski definition) is 1. The molecule has 8 heteroatoms. The van der Waals surface area contributed by atoms with E-state index in [1.807, 2.05) is 0 Å². The van der Waals surface area contributed by atoms with Gasteiger partial charge in [-0.15, -0.1) is 11.3 Å². The van der Waals surface area contributed by atoms with E-state index in [0.29, 0.717) is 21.6 Å². The lowest BCUT2D eigenvalue weighted by molar-refractivity contribution is -0.118. The molecule has 0 unspecified atom stereocenters. The van der Waals surface area contributed by atoms with Crippen molar-refractivity contribution in [2.24, 2.45) is 0 Å². The molecular weight excluding hydrogens is 431 g/mol. The van der Waals surface area contributed by atoms with E-state index in [1.54, 1.807) is 35.7 Å². The van der Waals surface area contributed by atoms with E-state index in [1.165, 1.54) is 23.5 Å². The van der Waals surface area contributed by atoms with E-state index in [9.17, 15) is 9.18 Å². The number of nitrogens with zero attached hydrogens (tertiary/aromatic N) is 1. The number of aromatic nitrogens is 1. The normalized spacial score (nSPS) is 10.5. The highest BCUT2D eigenvalue weighted by Gasteiger charge is 2.10. The minimum absolute atomic E-state index is 0.188.